The largest absolute Gasteiger partial charge is 0.355 e. The summed E-state index contributed by atoms with van der Waals surface area (Å²) >= 11 is 0. The minimum atomic E-state index is -0.537. The smallest absolute Gasteiger partial charge is 0.333 e. The van der Waals surface area contributed by atoms with Crippen LogP contribution < -0.4 is 16.6 Å². The standard InChI is InChI=1S/C28H33N5O3/c1-21(2)15-17-31-20-30-26-25(31)27(35)33(28(36)32(26)18-23-12-7-4-8-13-23)19-24(34)29-16-9-14-22-10-5-3-6-11-22/h3-8,10-13,20-21H,9,14-19H2,1-2H3,(H,29,34). The second kappa shape index (κ2) is 11.7. The molecule has 188 valence electrons. The van der Waals surface area contributed by atoms with E-state index in [9.17, 15) is 14.4 Å². The summed E-state index contributed by atoms with van der Waals surface area (Å²) in [6.45, 7) is 5.24. The molecule has 0 aliphatic carbocycles. The van der Waals surface area contributed by atoms with E-state index in [4.69, 9.17) is 0 Å². The molecule has 1 amide bonds. The predicted octanol–water partition coefficient (Wildman–Crippen LogP) is 3.20. The lowest BCUT2D eigenvalue weighted by Crippen LogP contribution is -2.44. The summed E-state index contributed by atoms with van der Waals surface area (Å²) in [6, 6.07) is 19.6. The lowest BCUT2D eigenvalue weighted by Gasteiger charge is -2.13. The second-order valence-electron chi connectivity index (χ2n) is 9.48. The minimum Gasteiger partial charge on any atom is -0.355 e. The molecule has 0 bridgehead atoms. The van der Waals surface area contributed by atoms with Crippen LogP contribution in [0.4, 0.5) is 0 Å². The Morgan fingerprint density at radius 1 is 0.944 bits per heavy atom. The van der Waals surface area contributed by atoms with E-state index in [2.05, 4.69) is 24.1 Å². The van der Waals surface area contributed by atoms with Gasteiger partial charge in [0.1, 0.15) is 6.54 Å². The van der Waals surface area contributed by atoms with E-state index in [1.165, 1.54) is 10.1 Å². The first-order chi connectivity index (χ1) is 17.4. The van der Waals surface area contributed by atoms with E-state index in [1.807, 2.05) is 60.7 Å². The Hall–Kier alpha value is -3.94. The third kappa shape index (κ3) is 6.00. The first kappa shape index (κ1) is 25.2. The Kier molecular flexibility index (Phi) is 8.15. The lowest BCUT2D eigenvalue weighted by molar-refractivity contribution is -0.121. The molecule has 2 heterocycles. The van der Waals surface area contributed by atoms with Crippen molar-refractivity contribution < 1.29 is 4.79 Å². The van der Waals surface area contributed by atoms with Crippen LogP contribution in [0.2, 0.25) is 0 Å². The highest BCUT2D eigenvalue weighted by molar-refractivity contribution is 5.76. The minimum absolute atomic E-state index is 0.260. The Balaban J connectivity index is 1.59. The molecule has 4 aromatic rings. The number of hydrogen-bond acceptors (Lipinski definition) is 4. The molecule has 8 heteroatoms. The number of nitrogens with zero attached hydrogens (tertiary/aromatic N) is 4. The summed E-state index contributed by atoms with van der Waals surface area (Å²) in [5.41, 5.74) is 1.78. The average Bonchev–Trinajstić information content (AvgIpc) is 3.31. The molecule has 8 nitrogen and oxygen atoms in total. The Morgan fingerprint density at radius 3 is 2.28 bits per heavy atom. The van der Waals surface area contributed by atoms with Crippen LogP contribution in [0.25, 0.3) is 11.2 Å². The van der Waals surface area contributed by atoms with Crippen LogP contribution in [0, 0.1) is 5.92 Å². The molecule has 0 aliphatic rings. The van der Waals surface area contributed by atoms with Gasteiger partial charge in [-0.05, 0) is 36.3 Å². The van der Waals surface area contributed by atoms with Crippen LogP contribution in [0.3, 0.4) is 0 Å². The third-order valence-corrected chi connectivity index (χ3v) is 6.22. The zero-order valence-corrected chi connectivity index (χ0v) is 20.9. The number of amides is 1. The Morgan fingerprint density at radius 2 is 1.61 bits per heavy atom. The van der Waals surface area contributed by atoms with Crippen molar-refractivity contribution in [2.75, 3.05) is 6.54 Å². The number of carbonyl (C=O) groups is 1. The SMILES string of the molecule is CC(C)CCn1cnc2c1c(=O)n(CC(=O)NCCCc1ccccc1)c(=O)n2Cc1ccccc1. The number of aryl methyl sites for hydroxylation is 2. The summed E-state index contributed by atoms with van der Waals surface area (Å²) in [6.07, 6.45) is 4.09. The molecule has 0 fully saturated rings. The first-order valence-electron chi connectivity index (χ1n) is 12.5. The average molecular weight is 488 g/mol. The van der Waals surface area contributed by atoms with E-state index in [-0.39, 0.29) is 19.0 Å². The highest BCUT2D eigenvalue weighted by Crippen LogP contribution is 2.12. The number of imidazole rings is 1. The van der Waals surface area contributed by atoms with E-state index in [0.29, 0.717) is 30.2 Å². The van der Waals surface area contributed by atoms with Crippen molar-refractivity contribution >= 4 is 17.1 Å². The zero-order valence-electron chi connectivity index (χ0n) is 20.9. The number of rotatable bonds is 11. The Labute approximate surface area is 210 Å². The molecule has 0 atom stereocenters. The summed E-state index contributed by atoms with van der Waals surface area (Å²) < 4.78 is 4.32. The number of nitrogens with one attached hydrogen (secondary N) is 1. The van der Waals surface area contributed by atoms with Gasteiger partial charge in [0, 0.05) is 13.1 Å². The van der Waals surface area contributed by atoms with Gasteiger partial charge in [0.2, 0.25) is 5.91 Å². The summed E-state index contributed by atoms with van der Waals surface area (Å²) in [5, 5.41) is 2.85. The van der Waals surface area contributed by atoms with Crippen LogP contribution >= 0.6 is 0 Å². The van der Waals surface area contributed by atoms with Gasteiger partial charge in [-0.15, -0.1) is 0 Å². The van der Waals surface area contributed by atoms with Crippen LogP contribution in [-0.4, -0.2) is 31.1 Å². The molecule has 0 saturated carbocycles. The topological polar surface area (TPSA) is 90.9 Å². The fourth-order valence-corrected chi connectivity index (χ4v) is 4.22. The highest BCUT2D eigenvalue weighted by atomic mass is 16.2. The van der Waals surface area contributed by atoms with Gasteiger partial charge < -0.3 is 9.88 Å². The number of benzene rings is 2. The molecular weight excluding hydrogens is 454 g/mol. The number of aromatic nitrogens is 4. The molecule has 4 rings (SSSR count). The molecule has 0 unspecified atom stereocenters. The van der Waals surface area contributed by atoms with E-state index in [1.54, 1.807) is 10.9 Å². The van der Waals surface area contributed by atoms with Crippen LogP contribution in [0.15, 0.2) is 76.6 Å². The molecule has 0 saturated heterocycles. The van der Waals surface area contributed by atoms with Crippen molar-refractivity contribution in [3.63, 3.8) is 0 Å². The van der Waals surface area contributed by atoms with E-state index >= 15 is 0 Å². The van der Waals surface area contributed by atoms with E-state index < -0.39 is 11.2 Å². The summed E-state index contributed by atoms with van der Waals surface area (Å²) in [7, 11) is 0. The number of carbonyl (C=O) groups excluding carboxylic acids is 1. The van der Waals surface area contributed by atoms with Gasteiger partial charge in [0.05, 0.1) is 12.9 Å². The lowest BCUT2D eigenvalue weighted by atomic mass is 10.1. The number of fused-ring (bicyclic) bond motifs is 1. The van der Waals surface area contributed by atoms with Gasteiger partial charge in [-0.2, -0.15) is 0 Å². The maximum atomic E-state index is 13.4. The van der Waals surface area contributed by atoms with Gasteiger partial charge in [0.15, 0.2) is 11.2 Å². The highest BCUT2D eigenvalue weighted by Gasteiger charge is 2.20. The van der Waals surface area contributed by atoms with Crippen molar-refractivity contribution in [2.24, 2.45) is 5.92 Å². The zero-order chi connectivity index (χ0) is 25.5. The summed E-state index contributed by atoms with van der Waals surface area (Å²) in [5.74, 6) is 0.0858. The molecule has 2 aromatic heterocycles. The van der Waals surface area contributed by atoms with Gasteiger partial charge >= 0.3 is 5.69 Å². The fraction of sp³-hybridized carbons (Fsp3) is 0.357. The van der Waals surface area contributed by atoms with Gasteiger partial charge in [0.25, 0.3) is 5.56 Å². The van der Waals surface area contributed by atoms with Crippen LogP contribution in [-0.2, 0) is 30.8 Å². The van der Waals surface area contributed by atoms with Crippen molar-refractivity contribution in [3.8, 4) is 0 Å². The molecule has 0 radical (unpaired) electrons. The van der Waals surface area contributed by atoms with Crippen LogP contribution in [0.1, 0.15) is 37.8 Å². The predicted molar refractivity (Wildman–Crippen MR) is 141 cm³/mol. The van der Waals surface area contributed by atoms with Crippen molar-refractivity contribution in [3.05, 3.63) is 99.0 Å². The monoisotopic (exact) mass is 487 g/mol. The maximum Gasteiger partial charge on any atom is 0.333 e. The van der Waals surface area contributed by atoms with Gasteiger partial charge in [-0.25, -0.2) is 14.3 Å². The van der Waals surface area contributed by atoms with E-state index in [0.717, 1.165) is 29.4 Å². The quantitative estimate of drug-likeness (QED) is 0.329. The summed E-state index contributed by atoms with van der Waals surface area (Å²) in [4.78, 5) is 44.0. The second-order valence-corrected chi connectivity index (χ2v) is 9.48. The van der Waals surface area contributed by atoms with Crippen molar-refractivity contribution in [1.82, 2.24) is 24.0 Å². The molecule has 0 spiro atoms. The molecule has 1 N–H and O–H groups in total. The van der Waals surface area contributed by atoms with Crippen molar-refractivity contribution in [1.29, 1.82) is 0 Å². The van der Waals surface area contributed by atoms with Gasteiger partial charge in [-0.3, -0.25) is 14.2 Å². The number of hydrogen-bond donors (Lipinski definition) is 1. The molecule has 2 aromatic carbocycles. The maximum absolute atomic E-state index is 13.4. The van der Waals surface area contributed by atoms with Gasteiger partial charge in [-0.1, -0.05) is 74.5 Å². The fourth-order valence-electron chi connectivity index (χ4n) is 4.22. The molecule has 0 aliphatic heterocycles. The normalized spacial score (nSPS) is 11.3. The Bertz CT molecular complexity index is 1420. The van der Waals surface area contributed by atoms with Crippen LogP contribution in [0.5, 0.6) is 0 Å². The molecular formula is C28H33N5O3. The first-order valence-corrected chi connectivity index (χ1v) is 12.5. The third-order valence-electron chi connectivity index (χ3n) is 6.22. The molecule has 36 heavy (non-hydrogen) atoms. The van der Waals surface area contributed by atoms with Crippen molar-refractivity contribution in [2.45, 2.75) is 52.7 Å².